The molecule has 2 amide bonds. The Balaban J connectivity index is 1.83. The van der Waals surface area contributed by atoms with Crippen LogP contribution < -0.4 is 14.8 Å². The maximum atomic E-state index is 13.6. The Morgan fingerprint density at radius 1 is 0.966 bits per heavy atom. The maximum absolute atomic E-state index is 13.6. The fourth-order valence-electron chi connectivity index (χ4n) is 3.84. The number of benzene rings is 2. The van der Waals surface area contributed by atoms with Crippen molar-refractivity contribution in [2.45, 2.75) is 32.9 Å². The van der Waals surface area contributed by atoms with Gasteiger partial charge in [0.15, 0.2) is 6.20 Å². The van der Waals surface area contributed by atoms with Gasteiger partial charge in [-0.25, -0.2) is 0 Å². The van der Waals surface area contributed by atoms with E-state index in [0.29, 0.717) is 11.4 Å². The van der Waals surface area contributed by atoms with Crippen LogP contribution in [-0.4, -0.2) is 11.8 Å². The highest BCUT2D eigenvalue weighted by molar-refractivity contribution is 6.08. The number of nitrogens with zero attached hydrogens (tertiary/aromatic N) is 2. The number of nitrogens with one attached hydrogen (secondary N) is 1. The average Bonchev–Trinajstić information content (AvgIpc) is 2.71. The zero-order chi connectivity index (χ0) is 20.6. The van der Waals surface area contributed by atoms with E-state index in [-0.39, 0.29) is 18.4 Å². The van der Waals surface area contributed by atoms with E-state index in [1.165, 1.54) is 0 Å². The van der Waals surface area contributed by atoms with Crippen LogP contribution >= 0.6 is 0 Å². The number of aryl methyl sites for hydroxylation is 2. The summed E-state index contributed by atoms with van der Waals surface area (Å²) in [5, 5.41) is 3.01. The standard InChI is InChI=1S/C24H23N3O2/c1-17-7-11-19(12-8-17)25-23(29)24(3)21-6-4-5-15-26(21)16-22(28)27(24)20-13-9-18(2)10-14-20/h4-15H,16H2,1-3H3/p+1. The van der Waals surface area contributed by atoms with Crippen LogP contribution in [0.15, 0.2) is 72.9 Å². The Hall–Kier alpha value is -3.47. The molecule has 0 saturated heterocycles. The van der Waals surface area contributed by atoms with E-state index in [4.69, 9.17) is 0 Å². The second kappa shape index (κ2) is 7.17. The van der Waals surface area contributed by atoms with Crippen molar-refractivity contribution in [3.8, 4) is 0 Å². The molecule has 29 heavy (non-hydrogen) atoms. The minimum Gasteiger partial charge on any atom is -0.324 e. The second-order valence-electron chi connectivity index (χ2n) is 7.67. The summed E-state index contributed by atoms with van der Waals surface area (Å²) in [6.07, 6.45) is 1.84. The molecule has 1 aliphatic heterocycles. The molecule has 1 atom stereocenters. The molecule has 0 fully saturated rings. The van der Waals surface area contributed by atoms with Gasteiger partial charge in [-0.15, -0.1) is 0 Å². The Labute approximate surface area is 170 Å². The van der Waals surface area contributed by atoms with E-state index in [9.17, 15) is 9.59 Å². The molecule has 2 aromatic carbocycles. The largest absolute Gasteiger partial charge is 0.324 e. The summed E-state index contributed by atoms with van der Waals surface area (Å²) in [6.45, 7) is 5.99. The van der Waals surface area contributed by atoms with E-state index in [1.54, 1.807) is 11.8 Å². The van der Waals surface area contributed by atoms with E-state index < -0.39 is 5.54 Å². The maximum Gasteiger partial charge on any atom is 0.294 e. The summed E-state index contributed by atoms with van der Waals surface area (Å²) in [6, 6.07) is 21.0. The number of amides is 2. The van der Waals surface area contributed by atoms with E-state index in [1.807, 2.05) is 91.3 Å². The first-order valence-electron chi connectivity index (χ1n) is 9.66. The van der Waals surface area contributed by atoms with Crippen LogP contribution in [0.25, 0.3) is 0 Å². The van der Waals surface area contributed by atoms with Crippen LogP contribution in [0.3, 0.4) is 0 Å². The summed E-state index contributed by atoms with van der Waals surface area (Å²) in [7, 11) is 0. The SMILES string of the molecule is Cc1ccc(NC(=O)C2(C)c3cccc[n+]3CC(=O)N2c2ccc(C)cc2)cc1. The molecule has 0 aliphatic carbocycles. The van der Waals surface area contributed by atoms with Gasteiger partial charge in [-0.1, -0.05) is 41.5 Å². The van der Waals surface area contributed by atoms with E-state index in [2.05, 4.69) is 5.32 Å². The zero-order valence-corrected chi connectivity index (χ0v) is 16.8. The van der Waals surface area contributed by atoms with Crippen molar-refractivity contribution in [2.75, 3.05) is 10.2 Å². The summed E-state index contributed by atoms with van der Waals surface area (Å²) >= 11 is 0. The Morgan fingerprint density at radius 2 is 1.59 bits per heavy atom. The molecule has 4 rings (SSSR count). The number of carbonyl (C=O) groups is 2. The van der Waals surface area contributed by atoms with Crippen molar-refractivity contribution in [2.24, 2.45) is 0 Å². The third-order valence-corrected chi connectivity index (χ3v) is 5.49. The third kappa shape index (κ3) is 3.29. The number of hydrogen-bond acceptors (Lipinski definition) is 2. The van der Waals surface area contributed by atoms with Gasteiger partial charge in [0.25, 0.3) is 11.8 Å². The number of aromatic nitrogens is 1. The molecule has 0 bridgehead atoms. The van der Waals surface area contributed by atoms with Crippen LogP contribution in [0.4, 0.5) is 11.4 Å². The van der Waals surface area contributed by atoms with Crippen LogP contribution in [0, 0.1) is 13.8 Å². The van der Waals surface area contributed by atoms with Crippen molar-refractivity contribution in [1.29, 1.82) is 0 Å². The molecule has 2 heterocycles. The highest BCUT2D eigenvalue weighted by Crippen LogP contribution is 2.35. The third-order valence-electron chi connectivity index (χ3n) is 5.49. The molecular weight excluding hydrogens is 362 g/mol. The molecule has 1 unspecified atom stereocenters. The van der Waals surface area contributed by atoms with Gasteiger partial charge in [0.2, 0.25) is 17.8 Å². The van der Waals surface area contributed by atoms with Gasteiger partial charge in [-0.2, -0.15) is 4.57 Å². The number of hydrogen-bond donors (Lipinski definition) is 1. The predicted molar refractivity (Wildman–Crippen MR) is 112 cm³/mol. The van der Waals surface area contributed by atoms with Crippen molar-refractivity contribution in [1.82, 2.24) is 0 Å². The first kappa shape index (κ1) is 18.9. The van der Waals surface area contributed by atoms with Crippen molar-refractivity contribution in [3.05, 3.63) is 89.7 Å². The topological polar surface area (TPSA) is 53.3 Å². The minimum absolute atomic E-state index is 0.126. The van der Waals surface area contributed by atoms with Gasteiger partial charge >= 0.3 is 0 Å². The molecule has 3 aromatic rings. The molecular formula is C24H24N3O2+. The first-order chi connectivity index (χ1) is 13.9. The lowest BCUT2D eigenvalue weighted by atomic mass is 9.89. The highest BCUT2D eigenvalue weighted by Gasteiger charge is 2.54. The number of anilines is 2. The van der Waals surface area contributed by atoms with Gasteiger partial charge in [0, 0.05) is 23.5 Å². The zero-order valence-electron chi connectivity index (χ0n) is 16.8. The molecule has 0 saturated carbocycles. The van der Waals surface area contributed by atoms with Gasteiger partial charge in [0.1, 0.15) is 0 Å². The first-order valence-corrected chi connectivity index (χ1v) is 9.66. The minimum atomic E-state index is -1.20. The average molecular weight is 386 g/mol. The molecule has 0 radical (unpaired) electrons. The fourth-order valence-corrected chi connectivity index (χ4v) is 3.84. The van der Waals surface area contributed by atoms with Crippen molar-refractivity contribution >= 4 is 23.2 Å². The molecule has 146 valence electrons. The summed E-state index contributed by atoms with van der Waals surface area (Å²) in [4.78, 5) is 28.4. The smallest absolute Gasteiger partial charge is 0.294 e. The quantitative estimate of drug-likeness (QED) is 0.701. The monoisotopic (exact) mass is 386 g/mol. The molecule has 5 nitrogen and oxygen atoms in total. The number of carbonyl (C=O) groups excluding carboxylic acids is 2. The summed E-state index contributed by atoms with van der Waals surface area (Å²) < 4.78 is 1.85. The highest BCUT2D eigenvalue weighted by atomic mass is 16.2. The van der Waals surface area contributed by atoms with Crippen LogP contribution in [0.1, 0.15) is 23.7 Å². The molecule has 5 heteroatoms. The number of rotatable bonds is 3. The number of pyridine rings is 1. The van der Waals surface area contributed by atoms with Crippen molar-refractivity contribution < 1.29 is 14.2 Å². The van der Waals surface area contributed by atoms with Crippen molar-refractivity contribution in [3.63, 3.8) is 0 Å². The summed E-state index contributed by atoms with van der Waals surface area (Å²) in [5.41, 5.74) is 3.19. The van der Waals surface area contributed by atoms with E-state index >= 15 is 0 Å². The predicted octanol–water partition coefficient (Wildman–Crippen LogP) is 3.49. The Bertz CT molecular complexity index is 1070. The van der Waals surface area contributed by atoms with Gasteiger partial charge in [0.05, 0.1) is 0 Å². The van der Waals surface area contributed by atoms with Crippen LogP contribution in [-0.2, 0) is 21.7 Å². The van der Waals surface area contributed by atoms with Crippen LogP contribution in [0.2, 0.25) is 0 Å². The lowest BCUT2D eigenvalue weighted by Crippen LogP contribution is -2.67. The molecule has 1 N–H and O–H groups in total. The molecule has 1 aromatic heterocycles. The van der Waals surface area contributed by atoms with Gasteiger partial charge in [-0.3, -0.25) is 14.5 Å². The Kier molecular flexibility index (Phi) is 4.66. The fraction of sp³-hybridized carbons (Fsp3) is 0.208. The molecule has 1 aliphatic rings. The Morgan fingerprint density at radius 3 is 2.24 bits per heavy atom. The van der Waals surface area contributed by atoms with Crippen LogP contribution in [0.5, 0.6) is 0 Å². The number of fused-ring (bicyclic) bond motifs is 1. The lowest BCUT2D eigenvalue weighted by molar-refractivity contribution is -0.697. The normalized spacial score (nSPS) is 18.3. The van der Waals surface area contributed by atoms with E-state index in [0.717, 1.165) is 16.8 Å². The summed E-state index contributed by atoms with van der Waals surface area (Å²) in [5.74, 6) is -0.381. The second-order valence-corrected chi connectivity index (χ2v) is 7.67. The van der Waals surface area contributed by atoms with Gasteiger partial charge in [-0.05, 0) is 45.0 Å². The lowest BCUT2D eigenvalue weighted by Gasteiger charge is -2.40. The molecule has 0 spiro atoms. The van der Waals surface area contributed by atoms with Gasteiger partial charge < -0.3 is 5.32 Å².